The predicted molar refractivity (Wildman–Crippen MR) is 42.4 cm³/mol. The minimum atomic E-state index is -0.883. The third-order valence-electron chi connectivity index (χ3n) is 0.945. The Morgan fingerprint density at radius 1 is 1.55 bits per heavy atom. The highest BCUT2D eigenvalue weighted by molar-refractivity contribution is 5.85. The molecule has 0 spiro atoms. The van der Waals surface area contributed by atoms with Crippen LogP contribution in [0.25, 0.3) is 0 Å². The number of nitrogens with two attached hydrogens (primary N) is 1. The van der Waals surface area contributed by atoms with Crippen molar-refractivity contribution in [3.63, 3.8) is 0 Å². The zero-order chi connectivity index (χ0) is 7.98. The van der Waals surface area contributed by atoms with Crippen molar-refractivity contribution < 1.29 is 15.0 Å². The first-order valence-corrected chi connectivity index (χ1v) is 2.97. The molecule has 0 aliphatic rings. The fourth-order valence-electron chi connectivity index (χ4n) is 0.393. The van der Waals surface area contributed by atoms with E-state index in [9.17, 15) is 4.79 Å². The van der Waals surface area contributed by atoms with Crippen LogP contribution in [0.4, 0.5) is 0 Å². The number of aliphatic hydroxyl groups excluding tert-OH is 2. The second kappa shape index (κ2) is 7.74. The number of nitrogens with one attached hydrogen (secondary N) is 1. The van der Waals surface area contributed by atoms with Crippen LogP contribution in [0.15, 0.2) is 0 Å². The van der Waals surface area contributed by atoms with Crippen LogP contribution in [0.2, 0.25) is 0 Å². The average Bonchev–Trinajstić information content (AvgIpc) is 1.98. The molecule has 0 radical (unpaired) electrons. The smallest absolute Gasteiger partial charge is 0.239 e. The molecule has 11 heavy (non-hydrogen) atoms. The number of aliphatic hydroxyl groups is 2. The maximum absolute atomic E-state index is 10.6. The van der Waals surface area contributed by atoms with Gasteiger partial charge in [-0.3, -0.25) is 4.79 Å². The number of carbonyl (C=O) groups excluding carboxylic acids is 1. The number of halogens is 1. The lowest BCUT2D eigenvalue weighted by atomic mass is 10.3. The first-order valence-electron chi connectivity index (χ1n) is 2.97. The highest BCUT2D eigenvalue weighted by Crippen LogP contribution is 1.74. The Labute approximate surface area is 71.0 Å². The van der Waals surface area contributed by atoms with Crippen molar-refractivity contribution in [2.75, 3.05) is 19.8 Å². The Bertz CT molecular complexity index is 112. The Morgan fingerprint density at radius 2 is 2.09 bits per heavy atom. The summed E-state index contributed by atoms with van der Waals surface area (Å²) in [5.41, 5.74) is 5.11. The normalized spacial score (nSPS) is 11.5. The van der Waals surface area contributed by atoms with Gasteiger partial charge in [0, 0.05) is 6.54 Å². The fraction of sp³-hybridized carbons (Fsp3) is 0.800. The van der Waals surface area contributed by atoms with Crippen molar-refractivity contribution in [2.24, 2.45) is 5.73 Å². The van der Waals surface area contributed by atoms with E-state index in [0.29, 0.717) is 0 Å². The zero-order valence-electron chi connectivity index (χ0n) is 5.99. The Morgan fingerprint density at radius 3 is 2.45 bits per heavy atom. The van der Waals surface area contributed by atoms with E-state index >= 15 is 0 Å². The SMILES string of the molecule is Cl.N[C@@H](CO)C(=O)NCCO. The molecule has 0 heterocycles. The van der Waals surface area contributed by atoms with E-state index in [1.807, 2.05) is 0 Å². The van der Waals surface area contributed by atoms with E-state index in [1.54, 1.807) is 0 Å². The monoisotopic (exact) mass is 184 g/mol. The van der Waals surface area contributed by atoms with Gasteiger partial charge in [0.1, 0.15) is 6.04 Å². The second-order valence-electron chi connectivity index (χ2n) is 1.80. The molecular formula is C5H13ClN2O3. The number of rotatable bonds is 4. The van der Waals surface area contributed by atoms with Crippen molar-refractivity contribution >= 4 is 18.3 Å². The number of carbonyl (C=O) groups is 1. The molecule has 0 aromatic rings. The summed E-state index contributed by atoms with van der Waals surface area (Å²) in [5.74, 6) is -0.448. The summed E-state index contributed by atoms with van der Waals surface area (Å²) in [6, 6.07) is -0.883. The quantitative estimate of drug-likeness (QED) is 0.400. The molecule has 5 nitrogen and oxygen atoms in total. The van der Waals surface area contributed by atoms with E-state index < -0.39 is 11.9 Å². The molecule has 0 fully saturated rings. The molecule has 0 aliphatic carbocycles. The molecular weight excluding hydrogens is 172 g/mol. The first kappa shape index (κ1) is 13.2. The highest BCUT2D eigenvalue weighted by Gasteiger charge is 2.09. The summed E-state index contributed by atoms with van der Waals surface area (Å²) in [5, 5.41) is 18.9. The minimum Gasteiger partial charge on any atom is -0.395 e. The number of amides is 1. The Kier molecular flexibility index (Phi) is 9.32. The molecule has 0 unspecified atom stereocenters. The molecule has 0 aromatic heterocycles. The van der Waals surface area contributed by atoms with E-state index in [-0.39, 0.29) is 32.2 Å². The zero-order valence-corrected chi connectivity index (χ0v) is 6.80. The minimum absolute atomic E-state index is 0. The number of hydrogen-bond donors (Lipinski definition) is 4. The van der Waals surface area contributed by atoms with Gasteiger partial charge in [-0.25, -0.2) is 0 Å². The van der Waals surface area contributed by atoms with Gasteiger partial charge in [0.15, 0.2) is 0 Å². The molecule has 5 N–H and O–H groups in total. The van der Waals surface area contributed by atoms with Gasteiger partial charge in [-0.15, -0.1) is 12.4 Å². The molecule has 6 heteroatoms. The molecule has 0 bridgehead atoms. The van der Waals surface area contributed by atoms with Crippen molar-refractivity contribution in [1.29, 1.82) is 0 Å². The van der Waals surface area contributed by atoms with Crippen molar-refractivity contribution in [3.8, 4) is 0 Å². The number of hydrogen-bond acceptors (Lipinski definition) is 4. The maximum atomic E-state index is 10.6. The first-order chi connectivity index (χ1) is 4.72. The van der Waals surface area contributed by atoms with E-state index in [0.717, 1.165) is 0 Å². The topological polar surface area (TPSA) is 95.6 Å². The van der Waals surface area contributed by atoms with Crippen molar-refractivity contribution in [3.05, 3.63) is 0 Å². The maximum Gasteiger partial charge on any atom is 0.239 e. The van der Waals surface area contributed by atoms with Gasteiger partial charge >= 0.3 is 0 Å². The molecule has 0 aliphatic heterocycles. The van der Waals surface area contributed by atoms with Crippen molar-refractivity contribution in [2.45, 2.75) is 6.04 Å². The van der Waals surface area contributed by atoms with Crippen LogP contribution in [-0.2, 0) is 4.79 Å². The third kappa shape index (κ3) is 6.05. The van der Waals surface area contributed by atoms with Gasteiger partial charge in [-0.1, -0.05) is 0 Å². The molecule has 0 saturated heterocycles. The predicted octanol–water partition coefficient (Wildman–Crippen LogP) is -2.16. The average molecular weight is 185 g/mol. The Hall–Kier alpha value is -0.360. The van der Waals surface area contributed by atoms with Crippen LogP contribution >= 0.6 is 12.4 Å². The van der Waals surface area contributed by atoms with Crippen LogP contribution in [-0.4, -0.2) is 41.9 Å². The van der Waals surface area contributed by atoms with Gasteiger partial charge < -0.3 is 21.3 Å². The lowest BCUT2D eigenvalue weighted by Gasteiger charge is -2.07. The van der Waals surface area contributed by atoms with Crippen LogP contribution in [0.5, 0.6) is 0 Å². The van der Waals surface area contributed by atoms with Gasteiger partial charge in [0.2, 0.25) is 5.91 Å². The van der Waals surface area contributed by atoms with Crippen LogP contribution in [0, 0.1) is 0 Å². The lowest BCUT2D eigenvalue weighted by Crippen LogP contribution is -2.43. The standard InChI is InChI=1S/C5H12N2O3.ClH/c6-4(3-9)5(10)7-1-2-8;/h4,8-9H,1-3,6H2,(H,7,10);1H/t4-;/m0./s1. The van der Waals surface area contributed by atoms with E-state index in [2.05, 4.69) is 5.32 Å². The van der Waals surface area contributed by atoms with Gasteiger partial charge in [-0.05, 0) is 0 Å². The molecule has 1 amide bonds. The molecule has 68 valence electrons. The van der Waals surface area contributed by atoms with Crippen LogP contribution in [0.3, 0.4) is 0 Å². The summed E-state index contributed by atoms with van der Waals surface area (Å²) in [6.45, 7) is -0.326. The molecule has 0 rings (SSSR count). The lowest BCUT2D eigenvalue weighted by molar-refractivity contribution is -0.123. The molecule has 1 atom stereocenters. The van der Waals surface area contributed by atoms with E-state index in [1.165, 1.54) is 0 Å². The highest BCUT2D eigenvalue weighted by atomic mass is 35.5. The Balaban J connectivity index is 0. The van der Waals surface area contributed by atoms with Gasteiger partial charge in [-0.2, -0.15) is 0 Å². The van der Waals surface area contributed by atoms with E-state index in [4.69, 9.17) is 15.9 Å². The largest absolute Gasteiger partial charge is 0.395 e. The summed E-state index contributed by atoms with van der Waals surface area (Å²) >= 11 is 0. The summed E-state index contributed by atoms with van der Waals surface area (Å²) in [6.07, 6.45) is 0. The van der Waals surface area contributed by atoms with Crippen LogP contribution < -0.4 is 11.1 Å². The summed E-state index contributed by atoms with van der Waals surface area (Å²) in [4.78, 5) is 10.6. The van der Waals surface area contributed by atoms with Gasteiger partial charge in [0.05, 0.1) is 13.2 Å². The molecule has 0 saturated carbocycles. The van der Waals surface area contributed by atoms with Gasteiger partial charge in [0.25, 0.3) is 0 Å². The second-order valence-corrected chi connectivity index (χ2v) is 1.80. The fourth-order valence-corrected chi connectivity index (χ4v) is 0.393. The molecule has 0 aromatic carbocycles. The summed E-state index contributed by atoms with van der Waals surface area (Å²) in [7, 11) is 0. The third-order valence-corrected chi connectivity index (χ3v) is 0.945. The van der Waals surface area contributed by atoms with Crippen LogP contribution in [0.1, 0.15) is 0 Å². The van der Waals surface area contributed by atoms with Crippen molar-refractivity contribution in [1.82, 2.24) is 5.32 Å². The summed E-state index contributed by atoms with van der Waals surface area (Å²) < 4.78 is 0.